The first-order valence-corrected chi connectivity index (χ1v) is 8.63. The Morgan fingerprint density at radius 2 is 1.69 bits per heavy atom. The van der Waals surface area contributed by atoms with Gasteiger partial charge in [-0.2, -0.15) is 0 Å². The van der Waals surface area contributed by atoms with Crippen LogP contribution < -0.4 is 5.32 Å². The Balaban J connectivity index is 1.57. The molecule has 1 heterocycles. The van der Waals surface area contributed by atoms with Gasteiger partial charge >= 0.3 is 0 Å². The predicted molar refractivity (Wildman–Crippen MR) is 95.1 cm³/mol. The van der Waals surface area contributed by atoms with Crippen molar-refractivity contribution in [3.8, 4) is 0 Å². The Hall–Kier alpha value is -2.47. The molecule has 0 aromatic heterocycles. The van der Waals surface area contributed by atoms with Crippen molar-refractivity contribution >= 4 is 29.1 Å². The number of hydrogen-bond donors (Lipinski definition) is 1. The van der Waals surface area contributed by atoms with E-state index in [9.17, 15) is 18.4 Å². The summed E-state index contributed by atoms with van der Waals surface area (Å²) in [6, 6.07) is 9.79. The van der Waals surface area contributed by atoms with Gasteiger partial charge in [0.05, 0.1) is 10.7 Å². The number of benzene rings is 2. The van der Waals surface area contributed by atoms with Crippen molar-refractivity contribution in [1.82, 2.24) is 4.90 Å². The quantitative estimate of drug-likeness (QED) is 0.873. The Labute approximate surface area is 154 Å². The average molecular weight is 379 g/mol. The molecule has 0 atom stereocenters. The molecule has 1 saturated heterocycles. The van der Waals surface area contributed by atoms with E-state index in [1.807, 2.05) is 0 Å². The second kappa shape index (κ2) is 7.83. The molecule has 0 unspecified atom stereocenters. The Kier molecular flexibility index (Phi) is 5.52. The lowest BCUT2D eigenvalue weighted by Gasteiger charge is -2.31. The van der Waals surface area contributed by atoms with Crippen molar-refractivity contribution in [3.63, 3.8) is 0 Å². The van der Waals surface area contributed by atoms with E-state index < -0.39 is 11.6 Å². The minimum Gasteiger partial charge on any atom is -0.339 e. The van der Waals surface area contributed by atoms with Gasteiger partial charge in [0.15, 0.2) is 5.82 Å². The van der Waals surface area contributed by atoms with Crippen LogP contribution in [0, 0.1) is 17.6 Å². The van der Waals surface area contributed by atoms with Crippen LogP contribution in [0.2, 0.25) is 5.02 Å². The Morgan fingerprint density at radius 1 is 1.04 bits per heavy atom. The third-order valence-electron chi connectivity index (χ3n) is 4.45. The standard InChI is InChI=1S/C19H17ClF2N2O2/c20-15-2-1-3-16(17(15)22)23-18(25)12-8-10-24(11-9-12)19(26)13-4-6-14(21)7-5-13/h1-7,12H,8-11H2,(H,23,25). The molecule has 1 aliphatic rings. The molecule has 1 aliphatic heterocycles. The fraction of sp³-hybridized carbons (Fsp3) is 0.263. The smallest absolute Gasteiger partial charge is 0.253 e. The molecule has 2 aromatic carbocycles. The molecule has 3 rings (SSSR count). The lowest BCUT2D eigenvalue weighted by atomic mass is 9.95. The fourth-order valence-electron chi connectivity index (χ4n) is 2.95. The molecule has 1 N–H and O–H groups in total. The van der Waals surface area contributed by atoms with E-state index in [0.29, 0.717) is 31.5 Å². The summed E-state index contributed by atoms with van der Waals surface area (Å²) in [5.41, 5.74) is 0.461. The molecular weight excluding hydrogens is 362 g/mol. The van der Waals surface area contributed by atoms with Gasteiger partial charge in [-0.25, -0.2) is 8.78 Å². The molecule has 0 radical (unpaired) electrons. The van der Waals surface area contributed by atoms with E-state index >= 15 is 0 Å². The molecule has 1 fully saturated rings. The highest BCUT2D eigenvalue weighted by atomic mass is 35.5. The molecule has 136 valence electrons. The number of nitrogens with zero attached hydrogens (tertiary/aromatic N) is 1. The molecule has 2 amide bonds. The molecule has 0 aliphatic carbocycles. The maximum atomic E-state index is 13.9. The zero-order chi connectivity index (χ0) is 18.7. The summed E-state index contributed by atoms with van der Waals surface area (Å²) in [5, 5.41) is 2.51. The van der Waals surface area contributed by atoms with E-state index in [1.54, 1.807) is 11.0 Å². The van der Waals surface area contributed by atoms with Crippen molar-refractivity contribution in [2.45, 2.75) is 12.8 Å². The monoisotopic (exact) mass is 378 g/mol. The minimum atomic E-state index is -0.661. The summed E-state index contributed by atoms with van der Waals surface area (Å²) in [7, 11) is 0. The number of amides is 2. The molecule has 0 bridgehead atoms. The molecule has 26 heavy (non-hydrogen) atoms. The number of nitrogens with one attached hydrogen (secondary N) is 1. The second-order valence-electron chi connectivity index (χ2n) is 6.16. The number of halogens is 3. The van der Waals surface area contributed by atoms with Gasteiger partial charge in [-0.3, -0.25) is 9.59 Å². The van der Waals surface area contributed by atoms with Crippen molar-refractivity contribution in [1.29, 1.82) is 0 Å². The predicted octanol–water partition coefficient (Wildman–Crippen LogP) is 4.11. The van der Waals surface area contributed by atoms with E-state index in [0.717, 1.165) is 0 Å². The number of carbonyl (C=O) groups excluding carboxylic acids is 2. The number of carbonyl (C=O) groups is 2. The fourth-order valence-corrected chi connectivity index (χ4v) is 3.13. The molecule has 4 nitrogen and oxygen atoms in total. The first-order chi connectivity index (χ1) is 12.5. The van der Waals surface area contributed by atoms with Crippen LogP contribution in [0.3, 0.4) is 0 Å². The lowest BCUT2D eigenvalue weighted by molar-refractivity contribution is -0.121. The van der Waals surface area contributed by atoms with Crippen LogP contribution >= 0.6 is 11.6 Å². The van der Waals surface area contributed by atoms with Gasteiger partial charge in [-0.15, -0.1) is 0 Å². The van der Waals surface area contributed by atoms with Crippen molar-refractivity contribution in [3.05, 3.63) is 64.7 Å². The topological polar surface area (TPSA) is 49.4 Å². The maximum absolute atomic E-state index is 13.9. The lowest BCUT2D eigenvalue weighted by Crippen LogP contribution is -2.41. The van der Waals surface area contributed by atoms with Crippen molar-refractivity contribution in [2.75, 3.05) is 18.4 Å². The summed E-state index contributed by atoms with van der Waals surface area (Å²) >= 11 is 5.71. The zero-order valence-electron chi connectivity index (χ0n) is 13.8. The third-order valence-corrected chi connectivity index (χ3v) is 4.75. The first-order valence-electron chi connectivity index (χ1n) is 8.25. The molecular formula is C19H17ClF2N2O2. The Morgan fingerprint density at radius 3 is 2.35 bits per heavy atom. The molecule has 0 spiro atoms. The van der Waals surface area contributed by atoms with Gasteiger partial charge < -0.3 is 10.2 Å². The number of rotatable bonds is 3. The van der Waals surface area contributed by atoms with Crippen LogP contribution in [0.15, 0.2) is 42.5 Å². The first kappa shape index (κ1) is 18.3. The largest absolute Gasteiger partial charge is 0.339 e. The Bertz CT molecular complexity index is 819. The number of likely N-dealkylation sites (tertiary alicyclic amines) is 1. The SMILES string of the molecule is O=C(Nc1cccc(Cl)c1F)C1CCN(C(=O)c2ccc(F)cc2)CC1. The van der Waals surface area contributed by atoms with Gasteiger partial charge in [0, 0.05) is 24.6 Å². The van der Waals surface area contributed by atoms with E-state index in [2.05, 4.69) is 5.32 Å². The maximum Gasteiger partial charge on any atom is 0.253 e. The van der Waals surface area contributed by atoms with E-state index in [-0.39, 0.29) is 28.4 Å². The van der Waals surface area contributed by atoms with Gasteiger partial charge in [-0.05, 0) is 49.2 Å². The second-order valence-corrected chi connectivity index (χ2v) is 6.57. The van der Waals surface area contributed by atoms with Gasteiger partial charge in [-0.1, -0.05) is 17.7 Å². The number of hydrogen-bond acceptors (Lipinski definition) is 2. The molecule has 2 aromatic rings. The van der Waals surface area contributed by atoms with Crippen molar-refractivity contribution in [2.24, 2.45) is 5.92 Å². The normalized spacial score (nSPS) is 15.0. The molecule has 7 heteroatoms. The van der Waals surface area contributed by atoms with Gasteiger partial charge in [0.25, 0.3) is 5.91 Å². The van der Waals surface area contributed by atoms with Crippen LogP contribution in [0.25, 0.3) is 0 Å². The van der Waals surface area contributed by atoms with Crippen LogP contribution in [0.5, 0.6) is 0 Å². The minimum absolute atomic E-state index is 0.0484. The van der Waals surface area contributed by atoms with Crippen LogP contribution in [0.4, 0.5) is 14.5 Å². The van der Waals surface area contributed by atoms with Crippen LogP contribution in [-0.4, -0.2) is 29.8 Å². The number of piperidine rings is 1. The summed E-state index contributed by atoms with van der Waals surface area (Å²) in [5.74, 6) is -1.85. The number of anilines is 1. The van der Waals surface area contributed by atoms with Crippen LogP contribution in [0.1, 0.15) is 23.2 Å². The summed E-state index contributed by atoms with van der Waals surface area (Å²) in [4.78, 5) is 26.4. The van der Waals surface area contributed by atoms with Gasteiger partial charge in [0.2, 0.25) is 5.91 Å². The average Bonchev–Trinajstić information content (AvgIpc) is 2.65. The zero-order valence-corrected chi connectivity index (χ0v) is 14.6. The highest BCUT2D eigenvalue weighted by Gasteiger charge is 2.28. The third kappa shape index (κ3) is 4.02. The van der Waals surface area contributed by atoms with E-state index in [4.69, 9.17) is 11.6 Å². The van der Waals surface area contributed by atoms with Crippen LogP contribution in [-0.2, 0) is 4.79 Å². The van der Waals surface area contributed by atoms with Crippen molar-refractivity contribution < 1.29 is 18.4 Å². The van der Waals surface area contributed by atoms with E-state index in [1.165, 1.54) is 36.4 Å². The highest BCUT2D eigenvalue weighted by Crippen LogP contribution is 2.25. The summed E-state index contributed by atoms with van der Waals surface area (Å²) in [6.07, 6.45) is 0.946. The van der Waals surface area contributed by atoms with Gasteiger partial charge in [0.1, 0.15) is 5.82 Å². The summed E-state index contributed by atoms with van der Waals surface area (Å²) < 4.78 is 26.8. The summed E-state index contributed by atoms with van der Waals surface area (Å²) in [6.45, 7) is 0.818. The molecule has 0 saturated carbocycles. The highest BCUT2D eigenvalue weighted by molar-refractivity contribution is 6.31.